The minimum absolute atomic E-state index is 0.0925. The van der Waals surface area contributed by atoms with Gasteiger partial charge in [0.1, 0.15) is 5.82 Å². The van der Waals surface area contributed by atoms with Gasteiger partial charge >= 0.3 is 12.2 Å². The van der Waals surface area contributed by atoms with Gasteiger partial charge in [-0.05, 0) is 38.7 Å². The highest BCUT2D eigenvalue weighted by molar-refractivity contribution is 5.77. The van der Waals surface area contributed by atoms with Gasteiger partial charge in [-0.15, -0.1) is 0 Å². The third-order valence-corrected chi connectivity index (χ3v) is 8.81. The Hall–Kier alpha value is -2.63. The van der Waals surface area contributed by atoms with Crippen LogP contribution >= 0.6 is 0 Å². The standard InChI is InChI=1S/C24H31F3N8O/c1-2-35-17(5-18(31-35)24(25,26)27)8-32-9-23(10-32)13-34(14-23)21(36)33-11-22(12-33)6-16(7-22)20-28-19(29-30-20)15-3-4-15/h5,15-16H,2-4,6-14H2,1H3,(H,28,29,30). The second-order valence-corrected chi connectivity index (χ2v) is 11.9. The Morgan fingerprint density at radius 2 is 1.72 bits per heavy atom. The van der Waals surface area contributed by atoms with E-state index in [9.17, 15) is 18.0 Å². The molecule has 7 rings (SSSR count). The van der Waals surface area contributed by atoms with E-state index in [1.54, 1.807) is 6.92 Å². The van der Waals surface area contributed by atoms with Crippen LogP contribution in [0, 0.1) is 10.8 Å². The lowest BCUT2D eigenvalue weighted by molar-refractivity contribution is -0.141. The zero-order chi connectivity index (χ0) is 24.9. The number of H-pyrrole nitrogens is 1. The molecule has 0 unspecified atom stereocenters. The molecule has 9 nitrogen and oxygen atoms in total. The fraction of sp³-hybridized carbons (Fsp3) is 0.750. The number of hydrogen-bond acceptors (Lipinski definition) is 5. The first-order valence-electron chi connectivity index (χ1n) is 13.0. The van der Waals surface area contributed by atoms with Crippen LogP contribution < -0.4 is 0 Å². The van der Waals surface area contributed by atoms with Gasteiger partial charge in [0.15, 0.2) is 11.5 Å². The highest BCUT2D eigenvalue weighted by Crippen LogP contribution is 2.56. The van der Waals surface area contributed by atoms with E-state index in [0.29, 0.717) is 30.6 Å². The fourth-order valence-electron chi connectivity index (χ4n) is 6.87. The molecule has 2 amide bonds. The molecule has 0 bridgehead atoms. The van der Waals surface area contributed by atoms with Gasteiger partial charge in [0, 0.05) is 75.0 Å². The number of amides is 2. The predicted molar refractivity (Wildman–Crippen MR) is 122 cm³/mol. The van der Waals surface area contributed by atoms with Crippen molar-refractivity contribution in [2.75, 3.05) is 39.3 Å². The van der Waals surface area contributed by atoms with Gasteiger partial charge in [-0.3, -0.25) is 14.7 Å². The molecule has 2 aromatic rings. The normalized spacial score (nSPS) is 25.0. The van der Waals surface area contributed by atoms with Crippen LogP contribution in [0.5, 0.6) is 0 Å². The van der Waals surface area contributed by atoms with E-state index < -0.39 is 11.9 Å². The second-order valence-electron chi connectivity index (χ2n) is 11.9. The molecular formula is C24H31F3N8O. The van der Waals surface area contributed by atoms with Gasteiger partial charge in [0.25, 0.3) is 0 Å². The van der Waals surface area contributed by atoms with Crippen LogP contribution in [0.1, 0.15) is 67.5 Å². The van der Waals surface area contributed by atoms with Gasteiger partial charge < -0.3 is 9.80 Å². The van der Waals surface area contributed by atoms with Crippen LogP contribution in [-0.4, -0.2) is 85.0 Å². The summed E-state index contributed by atoms with van der Waals surface area (Å²) in [7, 11) is 0. The molecule has 36 heavy (non-hydrogen) atoms. The van der Waals surface area contributed by atoms with Crippen LogP contribution in [0.2, 0.25) is 0 Å². The molecule has 2 aliphatic carbocycles. The van der Waals surface area contributed by atoms with E-state index in [4.69, 9.17) is 4.98 Å². The number of nitrogens with zero attached hydrogens (tertiary/aromatic N) is 7. The largest absolute Gasteiger partial charge is 0.435 e. The highest BCUT2D eigenvalue weighted by atomic mass is 19.4. The summed E-state index contributed by atoms with van der Waals surface area (Å²) in [5.74, 6) is 2.99. The van der Waals surface area contributed by atoms with Gasteiger partial charge in [0.2, 0.25) is 0 Å². The number of nitrogens with one attached hydrogen (secondary N) is 1. The summed E-state index contributed by atoms with van der Waals surface area (Å²) in [4.78, 5) is 23.7. The monoisotopic (exact) mass is 504 g/mol. The van der Waals surface area contributed by atoms with Crippen molar-refractivity contribution < 1.29 is 18.0 Å². The Balaban J connectivity index is 0.858. The maximum Gasteiger partial charge on any atom is 0.435 e. The lowest BCUT2D eigenvalue weighted by Gasteiger charge is -2.63. The Bertz CT molecular complexity index is 1170. The average Bonchev–Trinajstić information content (AvgIpc) is 3.29. The van der Waals surface area contributed by atoms with Gasteiger partial charge in [0.05, 0.1) is 5.69 Å². The summed E-state index contributed by atoms with van der Waals surface area (Å²) >= 11 is 0. The molecule has 0 radical (unpaired) electrons. The number of urea groups is 1. The van der Waals surface area contributed by atoms with Crippen LogP contribution in [0.25, 0.3) is 0 Å². The molecule has 0 aromatic carbocycles. The number of aromatic amines is 1. The molecule has 12 heteroatoms. The maximum atomic E-state index is 13.0. The molecule has 194 valence electrons. The van der Waals surface area contributed by atoms with E-state index in [1.165, 1.54) is 17.5 Å². The summed E-state index contributed by atoms with van der Waals surface area (Å²) in [6.07, 6.45) is 0.114. The number of carbonyl (C=O) groups is 1. The zero-order valence-corrected chi connectivity index (χ0v) is 20.4. The molecular weight excluding hydrogens is 473 g/mol. The first kappa shape index (κ1) is 22.6. The van der Waals surface area contributed by atoms with E-state index >= 15 is 0 Å². The number of halogens is 3. The molecule has 5 fully saturated rings. The third-order valence-electron chi connectivity index (χ3n) is 8.81. The van der Waals surface area contributed by atoms with Gasteiger partial charge in [-0.2, -0.15) is 23.4 Å². The summed E-state index contributed by atoms with van der Waals surface area (Å²) < 4.78 is 40.5. The van der Waals surface area contributed by atoms with Crippen molar-refractivity contribution in [1.82, 2.24) is 39.7 Å². The number of alkyl halides is 3. The van der Waals surface area contributed by atoms with Crippen molar-refractivity contribution in [1.29, 1.82) is 0 Å². The van der Waals surface area contributed by atoms with Crippen LogP contribution in [0.15, 0.2) is 6.07 Å². The Morgan fingerprint density at radius 3 is 2.33 bits per heavy atom. The number of aryl methyl sites for hydroxylation is 1. The third kappa shape index (κ3) is 3.62. The fourth-order valence-corrected chi connectivity index (χ4v) is 6.87. The summed E-state index contributed by atoms with van der Waals surface area (Å²) in [6, 6.07) is 1.28. The molecule has 5 heterocycles. The topological polar surface area (TPSA) is 86.2 Å². The van der Waals surface area contributed by atoms with Crippen molar-refractivity contribution in [2.45, 2.75) is 63.7 Å². The number of likely N-dealkylation sites (tertiary alicyclic amines) is 3. The van der Waals surface area contributed by atoms with Crippen molar-refractivity contribution in [3.63, 3.8) is 0 Å². The first-order chi connectivity index (χ1) is 17.1. The zero-order valence-electron chi connectivity index (χ0n) is 20.4. The van der Waals surface area contributed by atoms with E-state index in [-0.39, 0.29) is 16.9 Å². The van der Waals surface area contributed by atoms with Gasteiger partial charge in [-0.25, -0.2) is 9.78 Å². The number of aromatic nitrogens is 5. The quantitative estimate of drug-likeness (QED) is 0.677. The van der Waals surface area contributed by atoms with Crippen molar-refractivity contribution in [2.24, 2.45) is 10.8 Å². The summed E-state index contributed by atoms with van der Waals surface area (Å²) in [5, 5.41) is 11.2. The minimum Gasteiger partial charge on any atom is -0.323 e. The Morgan fingerprint density at radius 1 is 1.06 bits per heavy atom. The summed E-state index contributed by atoms with van der Waals surface area (Å²) in [5.41, 5.74) is 0.102. The second kappa shape index (κ2) is 7.45. The average molecular weight is 505 g/mol. The molecule has 3 aliphatic heterocycles. The number of rotatable bonds is 5. The van der Waals surface area contributed by atoms with Gasteiger partial charge in [-0.1, -0.05) is 0 Å². The SMILES string of the molecule is CCn1nc(C(F)(F)F)cc1CN1CC2(C1)CN(C(=O)N1CC3(CC(c4nc(C5CC5)n[nH]4)C3)C1)C2. The molecule has 5 aliphatic rings. The van der Waals surface area contributed by atoms with Crippen molar-refractivity contribution >= 4 is 6.03 Å². The summed E-state index contributed by atoms with van der Waals surface area (Å²) in [6.45, 7) is 7.38. The van der Waals surface area contributed by atoms with E-state index in [2.05, 4.69) is 20.2 Å². The van der Waals surface area contributed by atoms with Crippen LogP contribution in [0.4, 0.5) is 18.0 Å². The Labute approximate surface area is 207 Å². The maximum absolute atomic E-state index is 13.0. The lowest BCUT2D eigenvalue weighted by Crippen LogP contribution is -2.75. The molecule has 1 N–H and O–H groups in total. The number of hydrogen-bond donors (Lipinski definition) is 1. The Kier molecular flexibility index (Phi) is 4.67. The van der Waals surface area contributed by atoms with E-state index in [0.717, 1.165) is 69.8 Å². The number of carbonyl (C=O) groups excluding carboxylic acids is 1. The minimum atomic E-state index is -4.43. The predicted octanol–water partition coefficient (Wildman–Crippen LogP) is 3.03. The highest BCUT2D eigenvalue weighted by Gasteiger charge is 2.58. The molecule has 3 saturated heterocycles. The van der Waals surface area contributed by atoms with Crippen LogP contribution in [0.3, 0.4) is 0 Å². The smallest absolute Gasteiger partial charge is 0.323 e. The molecule has 2 saturated carbocycles. The van der Waals surface area contributed by atoms with Crippen LogP contribution in [-0.2, 0) is 19.3 Å². The lowest BCUT2D eigenvalue weighted by atomic mass is 9.57. The van der Waals surface area contributed by atoms with E-state index in [1.807, 2.05) is 9.80 Å². The van der Waals surface area contributed by atoms with Crippen molar-refractivity contribution in [3.8, 4) is 0 Å². The molecule has 0 atom stereocenters. The molecule has 2 aromatic heterocycles. The van der Waals surface area contributed by atoms with Crippen molar-refractivity contribution in [3.05, 3.63) is 29.1 Å². The first-order valence-corrected chi connectivity index (χ1v) is 13.0. The molecule has 2 spiro atoms.